The molecular weight excluding hydrogens is 805 g/mol. The van der Waals surface area contributed by atoms with E-state index < -0.39 is 6.10 Å². The van der Waals surface area contributed by atoms with Crippen LogP contribution < -0.4 is 0 Å². The molecule has 0 rings (SSSR count). The van der Waals surface area contributed by atoms with E-state index in [2.05, 4.69) is 81.5 Å². The fourth-order valence-electron chi connectivity index (χ4n) is 7.77. The van der Waals surface area contributed by atoms with Gasteiger partial charge in [-0.2, -0.15) is 0 Å². The van der Waals surface area contributed by atoms with E-state index in [-0.39, 0.29) is 31.1 Å². The highest BCUT2D eigenvalue weighted by Gasteiger charge is 2.19. The van der Waals surface area contributed by atoms with Crippen molar-refractivity contribution in [1.29, 1.82) is 0 Å². The van der Waals surface area contributed by atoms with E-state index >= 15 is 0 Å². The maximum absolute atomic E-state index is 12.8. The van der Waals surface area contributed by atoms with Crippen LogP contribution in [-0.2, 0) is 28.6 Å². The molecule has 1 unspecified atom stereocenters. The summed E-state index contributed by atoms with van der Waals surface area (Å²) in [7, 11) is 0. The third-order valence-corrected chi connectivity index (χ3v) is 12.0. The molecule has 0 saturated carbocycles. The number of carbonyl (C=O) groups excluding carboxylic acids is 3. The molecule has 0 amide bonds. The Bertz CT molecular complexity index is 1180. The van der Waals surface area contributed by atoms with Crippen LogP contribution in [0.5, 0.6) is 0 Å². The summed E-state index contributed by atoms with van der Waals surface area (Å²) in [6.45, 7) is 6.55. The monoisotopic (exact) mass is 909 g/mol. The first-order valence-electron chi connectivity index (χ1n) is 27.8. The fraction of sp³-hybridized carbons (Fsp3) is 0.780. The minimum atomic E-state index is -0.779. The molecule has 376 valence electrons. The van der Waals surface area contributed by atoms with Crippen molar-refractivity contribution >= 4 is 17.9 Å². The molecular formula is C59H104O6. The number of rotatable bonds is 50. The van der Waals surface area contributed by atoms with Crippen LogP contribution in [0.4, 0.5) is 0 Å². The van der Waals surface area contributed by atoms with Crippen molar-refractivity contribution in [3.8, 4) is 0 Å². The van der Waals surface area contributed by atoms with E-state index in [0.717, 1.165) is 96.3 Å². The second kappa shape index (κ2) is 53.7. The first kappa shape index (κ1) is 62.1. The molecule has 0 aliphatic carbocycles. The van der Waals surface area contributed by atoms with Crippen molar-refractivity contribution in [3.63, 3.8) is 0 Å². The molecule has 0 N–H and O–H groups in total. The van der Waals surface area contributed by atoms with Crippen LogP contribution in [0, 0.1) is 0 Å². The van der Waals surface area contributed by atoms with Crippen LogP contribution in [0.1, 0.15) is 278 Å². The maximum Gasteiger partial charge on any atom is 0.306 e. The highest BCUT2D eigenvalue weighted by molar-refractivity contribution is 5.71. The summed E-state index contributed by atoms with van der Waals surface area (Å²) in [6, 6.07) is 0. The van der Waals surface area contributed by atoms with Crippen LogP contribution in [0.15, 0.2) is 60.8 Å². The Labute approximate surface area is 402 Å². The number of unbranched alkanes of at least 4 members (excludes halogenated alkanes) is 29. The van der Waals surface area contributed by atoms with Gasteiger partial charge >= 0.3 is 17.9 Å². The molecule has 0 bridgehead atoms. The molecule has 0 aromatic rings. The molecule has 6 nitrogen and oxygen atoms in total. The molecule has 6 heteroatoms. The zero-order valence-corrected chi connectivity index (χ0v) is 43.0. The van der Waals surface area contributed by atoms with E-state index in [1.165, 1.54) is 141 Å². The van der Waals surface area contributed by atoms with E-state index in [1.54, 1.807) is 0 Å². The molecule has 0 aliphatic heterocycles. The number of esters is 3. The molecule has 0 fully saturated rings. The largest absolute Gasteiger partial charge is 0.462 e. The van der Waals surface area contributed by atoms with Crippen LogP contribution in [0.3, 0.4) is 0 Å². The second-order valence-electron chi connectivity index (χ2n) is 18.5. The summed E-state index contributed by atoms with van der Waals surface area (Å²) in [5.74, 6) is -0.899. The van der Waals surface area contributed by atoms with Gasteiger partial charge in [-0.15, -0.1) is 0 Å². The highest BCUT2D eigenvalue weighted by Crippen LogP contribution is 2.15. The van der Waals surface area contributed by atoms with Gasteiger partial charge in [-0.1, -0.05) is 229 Å². The predicted molar refractivity (Wildman–Crippen MR) is 279 cm³/mol. The molecule has 65 heavy (non-hydrogen) atoms. The maximum atomic E-state index is 12.8. The average molecular weight is 909 g/mol. The molecule has 0 heterocycles. The van der Waals surface area contributed by atoms with Crippen LogP contribution >= 0.6 is 0 Å². The smallest absolute Gasteiger partial charge is 0.306 e. The number of carbonyl (C=O) groups is 3. The molecule has 1 atom stereocenters. The van der Waals surface area contributed by atoms with Gasteiger partial charge in [-0.3, -0.25) is 14.4 Å². The molecule has 0 spiro atoms. The summed E-state index contributed by atoms with van der Waals surface area (Å²) in [6.07, 6.45) is 66.6. The zero-order chi connectivity index (χ0) is 47.2. The summed E-state index contributed by atoms with van der Waals surface area (Å²) >= 11 is 0. The van der Waals surface area contributed by atoms with Crippen LogP contribution in [0.25, 0.3) is 0 Å². The van der Waals surface area contributed by atoms with Gasteiger partial charge in [-0.25, -0.2) is 0 Å². The van der Waals surface area contributed by atoms with Crippen molar-refractivity contribution in [3.05, 3.63) is 60.8 Å². The molecule has 0 aliphatic rings. The Morgan fingerprint density at radius 3 is 0.892 bits per heavy atom. The summed E-state index contributed by atoms with van der Waals surface area (Å²) in [5.41, 5.74) is 0. The van der Waals surface area contributed by atoms with Gasteiger partial charge in [0.15, 0.2) is 6.10 Å². The van der Waals surface area contributed by atoms with Gasteiger partial charge in [0.25, 0.3) is 0 Å². The summed E-state index contributed by atoms with van der Waals surface area (Å²) < 4.78 is 16.7. The number of hydrogen-bond donors (Lipinski definition) is 0. The van der Waals surface area contributed by atoms with E-state index in [1.807, 2.05) is 0 Å². The Hall–Kier alpha value is -2.89. The standard InChI is InChI=1S/C59H104O6/c1-4-7-10-13-16-18-20-22-24-25-26-27-28-29-30-31-32-33-35-36-38-40-43-46-49-52-58(61)64-55-56(54-63-57(60)51-48-45-42-15-12-9-6-3)65-59(62)53-50-47-44-41-39-37-34-23-21-19-17-14-11-8-5-2/h17,19-20,22-23,25-26,28-29,34,56H,4-16,18,21,24,27,30-33,35-55H2,1-3H3/b19-17-,22-20-,26-25-,29-28-,34-23-. The van der Waals surface area contributed by atoms with Crippen molar-refractivity contribution in [1.82, 2.24) is 0 Å². The lowest BCUT2D eigenvalue weighted by Gasteiger charge is -2.18. The van der Waals surface area contributed by atoms with Gasteiger partial charge in [0.2, 0.25) is 0 Å². The summed E-state index contributed by atoms with van der Waals surface area (Å²) in [4.78, 5) is 37.9. The Kier molecular flexibility index (Phi) is 51.3. The SMILES string of the molecule is CCCCC/C=C\C/C=C\CCCCCCCC(=O)OC(COC(=O)CCCCCCCCC)COC(=O)CCCCCCCCCCCC/C=C\C/C=C\C/C=C\CCCCCCC. The topological polar surface area (TPSA) is 78.9 Å². The second-order valence-corrected chi connectivity index (χ2v) is 18.5. The normalized spacial score (nSPS) is 12.5. The van der Waals surface area contributed by atoms with Gasteiger partial charge < -0.3 is 14.2 Å². The average Bonchev–Trinajstić information content (AvgIpc) is 3.30. The zero-order valence-electron chi connectivity index (χ0n) is 43.0. The van der Waals surface area contributed by atoms with E-state index in [0.29, 0.717) is 19.3 Å². The van der Waals surface area contributed by atoms with Gasteiger partial charge in [0.1, 0.15) is 13.2 Å². The highest BCUT2D eigenvalue weighted by atomic mass is 16.6. The van der Waals surface area contributed by atoms with E-state index in [4.69, 9.17) is 14.2 Å². The van der Waals surface area contributed by atoms with Gasteiger partial charge in [0, 0.05) is 19.3 Å². The lowest BCUT2D eigenvalue weighted by atomic mass is 10.1. The van der Waals surface area contributed by atoms with Crippen LogP contribution in [-0.4, -0.2) is 37.2 Å². The van der Waals surface area contributed by atoms with Crippen molar-refractivity contribution in [2.75, 3.05) is 13.2 Å². The lowest BCUT2D eigenvalue weighted by Crippen LogP contribution is -2.30. The molecule has 0 aromatic carbocycles. The number of ether oxygens (including phenoxy) is 3. The van der Waals surface area contributed by atoms with Gasteiger partial charge in [0.05, 0.1) is 0 Å². The Balaban J connectivity index is 4.18. The minimum absolute atomic E-state index is 0.0801. The fourth-order valence-corrected chi connectivity index (χ4v) is 7.77. The number of hydrogen-bond acceptors (Lipinski definition) is 6. The molecule has 0 radical (unpaired) electrons. The lowest BCUT2D eigenvalue weighted by molar-refractivity contribution is -0.167. The quantitative estimate of drug-likeness (QED) is 0.0262. The van der Waals surface area contributed by atoms with Crippen molar-refractivity contribution in [2.24, 2.45) is 0 Å². The Morgan fingerprint density at radius 1 is 0.308 bits per heavy atom. The number of allylic oxidation sites excluding steroid dienone is 10. The summed E-state index contributed by atoms with van der Waals surface area (Å²) in [5, 5.41) is 0. The predicted octanol–water partition coefficient (Wildman–Crippen LogP) is 18.4. The first-order chi connectivity index (χ1) is 32.0. The third kappa shape index (κ3) is 51.9. The van der Waals surface area contributed by atoms with Crippen molar-refractivity contribution in [2.45, 2.75) is 284 Å². The van der Waals surface area contributed by atoms with Crippen LogP contribution in [0.2, 0.25) is 0 Å². The molecule has 0 saturated heterocycles. The van der Waals surface area contributed by atoms with E-state index in [9.17, 15) is 14.4 Å². The third-order valence-electron chi connectivity index (χ3n) is 12.0. The Morgan fingerprint density at radius 2 is 0.554 bits per heavy atom. The first-order valence-corrected chi connectivity index (χ1v) is 27.8. The molecule has 0 aromatic heterocycles. The van der Waals surface area contributed by atoms with Gasteiger partial charge in [-0.05, 0) is 89.9 Å². The minimum Gasteiger partial charge on any atom is -0.462 e. The van der Waals surface area contributed by atoms with Crippen molar-refractivity contribution < 1.29 is 28.6 Å².